The second-order valence-corrected chi connectivity index (χ2v) is 5.06. The van der Waals surface area contributed by atoms with Crippen molar-refractivity contribution in [3.05, 3.63) is 41.9 Å². The topological polar surface area (TPSA) is 66.9 Å². The number of aromatic nitrogens is 4. The van der Waals surface area contributed by atoms with Crippen LogP contribution in [-0.4, -0.2) is 33.6 Å². The van der Waals surface area contributed by atoms with Gasteiger partial charge in [0, 0.05) is 13.0 Å². The summed E-state index contributed by atoms with van der Waals surface area (Å²) in [5.41, 5.74) is 4.14. The number of nitrogens with one attached hydrogen (secondary N) is 1. The predicted octanol–water partition coefficient (Wildman–Crippen LogP) is 1.92. The molecule has 0 amide bonds. The van der Waals surface area contributed by atoms with Crippen molar-refractivity contribution in [3.63, 3.8) is 0 Å². The zero-order chi connectivity index (χ0) is 14.2. The molecule has 0 radical (unpaired) electrons. The molecule has 3 heterocycles. The first kappa shape index (κ1) is 12.1. The van der Waals surface area contributed by atoms with Gasteiger partial charge in [0.1, 0.15) is 6.33 Å². The van der Waals surface area contributed by atoms with Crippen LogP contribution in [0, 0.1) is 0 Å². The summed E-state index contributed by atoms with van der Waals surface area (Å²) in [7, 11) is 1.64. The lowest BCUT2D eigenvalue weighted by Gasteiger charge is -2.28. The number of H-pyrrole nitrogens is 1. The van der Waals surface area contributed by atoms with Crippen molar-refractivity contribution >= 4 is 17.0 Å². The second kappa shape index (κ2) is 4.73. The van der Waals surface area contributed by atoms with Crippen LogP contribution in [0.3, 0.4) is 0 Å². The van der Waals surface area contributed by atoms with Crippen LogP contribution in [0.4, 0.5) is 5.95 Å². The molecule has 4 rings (SSSR count). The van der Waals surface area contributed by atoms with E-state index in [1.54, 1.807) is 13.4 Å². The predicted molar refractivity (Wildman–Crippen MR) is 79.4 cm³/mol. The van der Waals surface area contributed by atoms with Gasteiger partial charge in [-0.2, -0.15) is 0 Å². The molecule has 3 aromatic rings. The Balaban J connectivity index is 1.71. The zero-order valence-electron chi connectivity index (χ0n) is 11.7. The van der Waals surface area contributed by atoms with E-state index in [-0.39, 0.29) is 0 Å². The summed E-state index contributed by atoms with van der Waals surface area (Å²) in [5.74, 6) is 1.54. The molecule has 0 unspecified atom stereocenters. The molecule has 1 aromatic carbocycles. The molecule has 1 aliphatic rings. The second-order valence-electron chi connectivity index (χ2n) is 5.06. The first-order valence-electron chi connectivity index (χ1n) is 6.91. The molecule has 1 N–H and O–H groups in total. The van der Waals surface area contributed by atoms with Gasteiger partial charge in [0.15, 0.2) is 0 Å². The SMILES string of the molecule is COc1ncnc2c1CN(c1nc3ccccc3[nH]1)CC2. The van der Waals surface area contributed by atoms with E-state index >= 15 is 0 Å². The van der Waals surface area contributed by atoms with E-state index in [4.69, 9.17) is 4.74 Å². The first-order chi connectivity index (χ1) is 10.3. The average Bonchev–Trinajstić information content (AvgIpc) is 2.97. The van der Waals surface area contributed by atoms with Gasteiger partial charge in [-0.1, -0.05) is 12.1 Å². The molecular weight excluding hydrogens is 266 g/mol. The lowest BCUT2D eigenvalue weighted by Crippen LogP contribution is -2.32. The van der Waals surface area contributed by atoms with Crippen molar-refractivity contribution in [2.45, 2.75) is 13.0 Å². The van der Waals surface area contributed by atoms with E-state index < -0.39 is 0 Å². The van der Waals surface area contributed by atoms with Gasteiger partial charge in [0.25, 0.3) is 0 Å². The third kappa shape index (κ3) is 1.99. The van der Waals surface area contributed by atoms with Gasteiger partial charge < -0.3 is 14.6 Å². The van der Waals surface area contributed by atoms with Gasteiger partial charge in [-0.05, 0) is 12.1 Å². The average molecular weight is 281 g/mol. The summed E-state index contributed by atoms with van der Waals surface area (Å²) < 4.78 is 5.35. The summed E-state index contributed by atoms with van der Waals surface area (Å²) in [6, 6.07) is 8.05. The van der Waals surface area contributed by atoms with Gasteiger partial charge in [0.2, 0.25) is 11.8 Å². The third-order valence-corrected chi connectivity index (χ3v) is 3.83. The monoisotopic (exact) mass is 281 g/mol. The first-order valence-corrected chi connectivity index (χ1v) is 6.91. The van der Waals surface area contributed by atoms with Crippen LogP contribution in [0.15, 0.2) is 30.6 Å². The van der Waals surface area contributed by atoms with Gasteiger partial charge in [-0.25, -0.2) is 15.0 Å². The molecule has 0 fully saturated rings. The number of ether oxygens (including phenoxy) is 1. The number of rotatable bonds is 2. The van der Waals surface area contributed by atoms with Crippen LogP contribution in [0.2, 0.25) is 0 Å². The fourth-order valence-corrected chi connectivity index (χ4v) is 2.76. The van der Waals surface area contributed by atoms with E-state index in [9.17, 15) is 0 Å². The summed E-state index contributed by atoms with van der Waals surface area (Å²) in [6.07, 6.45) is 2.43. The Morgan fingerprint density at radius 3 is 3.00 bits per heavy atom. The highest BCUT2D eigenvalue weighted by Crippen LogP contribution is 2.27. The fraction of sp³-hybridized carbons (Fsp3) is 0.267. The summed E-state index contributed by atoms with van der Waals surface area (Å²) >= 11 is 0. The van der Waals surface area contributed by atoms with Gasteiger partial charge >= 0.3 is 0 Å². The fourth-order valence-electron chi connectivity index (χ4n) is 2.76. The summed E-state index contributed by atoms with van der Waals surface area (Å²) in [5, 5.41) is 0. The molecule has 1 aliphatic heterocycles. The van der Waals surface area contributed by atoms with Gasteiger partial charge in [-0.3, -0.25) is 0 Å². The number of fused-ring (bicyclic) bond motifs is 2. The molecule has 0 aliphatic carbocycles. The van der Waals surface area contributed by atoms with Crippen LogP contribution in [-0.2, 0) is 13.0 Å². The number of methoxy groups -OCH3 is 1. The number of nitrogens with zero attached hydrogens (tertiary/aromatic N) is 4. The van der Waals surface area contributed by atoms with Crippen LogP contribution in [0.25, 0.3) is 11.0 Å². The maximum absolute atomic E-state index is 5.35. The standard InChI is InChI=1S/C15H15N5O/c1-21-14-10-8-20(7-6-11(10)16-9-17-14)15-18-12-4-2-3-5-13(12)19-15/h2-5,9H,6-8H2,1H3,(H,18,19). The van der Waals surface area contributed by atoms with Crippen LogP contribution >= 0.6 is 0 Å². The van der Waals surface area contributed by atoms with Crippen molar-refractivity contribution in [2.24, 2.45) is 0 Å². The largest absolute Gasteiger partial charge is 0.481 e. The molecule has 6 heteroatoms. The minimum Gasteiger partial charge on any atom is -0.481 e. The highest BCUT2D eigenvalue weighted by Gasteiger charge is 2.23. The summed E-state index contributed by atoms with van der Waals surface area (Å²) in [6.45, 7) is 1.59. The molecule has 0 saturated carbocycles. The smallest absolute Gasteiger partial charge is 0.221 e. The Kier molecular flexibility index (Phi) is 2.73. The molecule has 0 saturated heterocycles. The Morgan fingerprint density at radius 1 is 1.24 bits per heavy atom. The van der Waals surface area contributed by atoms with Crippen LogP contribution < -0.4 is 9.64 Å². The lowest BCUT2D eigenvalue weighted by molar-refractivity contribution is 0.387. The van der Waals surface area contributed by atoms with Crippen LogP contribution in [0.1, 0.15) is 11.3 Å². The number of aromatic amines is 1. The van der Waals surface area contributed by atoms with Crippen molar-refractivity contribution in [1.82, 2.24) is 19.9 Å². The zero-order valence-corrected chi connectivity index (χ0v) is 11.7. The number of hydrogen-bond acceptors (Lipinski definition) is 5. The van der Waals surface area contributed by atoms with E-state index in [2.05, 4.69) is 24.8 Å². The van der Waals surface area contributed by atoms with E-state index in [1.807, 2.05) is 24.3 Å². The lowest BCUT2D eigenvalue weighted by atomic mass is 10.1. The van der Waals surface area contributed by atoms with E-state index in [0.29, 0.717) is 12.4 Å². The maximum Gasteiger partial charge on any atom is 0.221 e. The van der Waals surface area contributed by atoms with Gasteiger partial charge in [-0.15, -0.1) is 0 Å². The maximum atomic E-state index is 5.35. The number of anilines is 1. The van der Waals surface area contributed by atoms with Crippen LogP contribution in [0.5, 0.6) is 5.88 Å². The Morgan fingerprint density at radius 2 is 2.14 bits per heavy atom. The minimum absolute atomic E-state index is 0.654. The summed E-state index contributed by atoms with van der Waals surface area (Å²) in [4.78, 5) is 18.8. The number of benzene rings is 1. The van der Waals surface area contributed by atoms with E-state index in [1.165, 1.54) is 0 Å². The quantitative estimate of drug-likeness (QED) is 0.777. The molecule has 106 valence electrons. The highest BCUT2D eigenvalue weighted by molar-refractivity contribution is 5.77. The highest BCUT2D eigenvalue weighted by atomic mass is 16.5. The Labute approximate surface area is 121 Å². The molecule has 0 spiro atoms. The van der Waals surface area contributed by atoms with Crippen molar-refractivity contribution < 1.29 is 4.74 Å². The van der Waals surface area contributed by atoms with E-state index in [0.717, 1.165) is 41.2 Å². The molecule has 21 heavy (non-hydrogen) atoms. The molecule has 6 nitrogen and oxygen atoms in total. The van der Waals surface area contributed by atoms with Gasteiger partial charge in [0.05, 0.1) is 35.9 Å². The number of imidazole rings is 1. The van der Waals surface area contributed by atoms with Crippen molar-refractivity contribution in [1.29, 1.82) is 0 Å². The minimum atomic E-state index is 0.654. The Hall–Kier alpha value is -2.63. The normalized spacial score (nSPS) is 14.2. The molecule has 2 aromatic heterocycles. The van der Waals surface area contributed by atoms with Crippen molar-refractivity contribution in [2.75, 3.05) is 18.6 Å². The number of hydrogen-bond donors (Lipinski definition) is 1. The molecular formula is C15H15N5O. The molecule has 0 atom stereocenters. The third-order valence-electron chi connectivity index (χ3n) is 3.83. The Bertz CT molecular complexity index is 750. The van der Waals surface area contributed by atoms with Crippen molar-refractivity contribution in [3.8, 4) is 5.88 Å². The number of para-hydroxylation sites is 2. The molecule has 0 bridgehead atoms.